The normalized spacial score (nSPS) is 21.9. The summed E-state index contributed by atoms with van der Waals surface area (Å²) in [5.41, 5.74) is -0.572. The first-order valence-electron chi connectivity index (χ1n) is 10.8. The number of ether oxygens (including phenoxy) is 2. The summed E-state index contributed by atoms with van der Waals surface area (Å²) >= 11 is 0. The zero-order valence-electron chi connectivity index (χ0n) is 18.1. The van der Waals surface area contributed by atoms with E-state index in [4.69, 9.17) is 9.47 Å². The van der Waals surface area contributed by atoms with Gasteiger partial charge >= 0.3 is 12.1 Å². The van der Waals surface area contributed by atoms with E-state index in [1.807, 2.05) is 30.3 Å². The molecule has 31 heavy (non-hydrogen) atoms. The molecule has 8 heteroatoms. The molecule has 0 spiro atoms. The van der Waals surface area contributed by atoms with Crippen LogP contribution in [0.4, 0.5) is 4.79 Å². The van der Waals surface area contributed by atoms with Crippen molar-refractivity contribution >= 4 is 23.9 Å². The topological polar surface area (TPSA) is 102 Å². The number of imide groups is 1. The molecule has 2 fully saturated rings. The number of hydrogen-bond acceptors (Lipinski definition) is 6. The fraction of sp³-hybridized carbons (Fsp3) is 0.565. The maximum absolute atomic E-state index is 13.3. The number of carbonyl (C=O) groups is 4. The van der Waals surface area contributed by atoms with Gasteiger partial charge in [-0.15, -0.1) is 0 Å². The highest BCUT2D eigenvalue weighted by molar-refractivity contribution is 6.06. The van der Waals surface area contributed by atoms with Crippen molar-refractivity contribution in [3.8, 4) is 0 Å². The van der Waals surface area contributed by atoms with E-state index in [9.17, 15) is 19.2 Å². The van der Waals surface area contributed by atoms with Crippen LogP contribution in [0.25, 0.3) is 0 Å². The predicted molar refractivity (Wildman–Crippen MR) is 112 cm³/mol. The van der Waals surface area contributed by atoms with Crippen LogP contribution in [0.3, 0.4) is 0 Å². The Labute approximate surface area is 182 Å². The highest BCUT2D eigenvalue weighted by atomic mass is 16.5. The number of piperidine rings is 1. The lowest BCUT2D eigenvalue weighted by Crippen LogP contribution is -2.67. The van der Waals surface area contributed by atoms with Gasteiger partial charge in [-0.25, -0.2) is 9.59 Å². The second-order valence-corrected chi connectivity index (χ2v) is 8.34. The van der Waals surface area contributed by atoms with Crippen LogP contribution in [-0.4, -0.2) is 47.5 Å². The summed E-state index contributed by atoms with van der Waals surface area (Å²) in [5.74, 6) is -1.79. The molecule has 0 radical (unpaired) electrons. The average Bonchev–Trinajstić information content (AvgIpc) is 2.80. The lowest BCUT2D eigenvalue weighted by molar-refractivity contribution is -0.175. The molecule has 3 amide bonds. The predicted octanol–water partition coefficient (Wildman–Crippen LogP) is 2.94. The third-order valence-electron chi connectivity index (χ3n) is 6.38. The Morgan fingerprint density at radius 2 is 1.77 bits per heavy atom. The van der Waals surface area contributed by atoms with Crippen molar-refractivity contribution in [3.05, 3.63) is 35.9 Å². The van der Waals surface area contributed by atoms with Gasteiger partial charge in [0.25, 0.3) is 5.91 Å². The molecule has 168 valence electrons. The third kappa shape index (κ3) is 4.89. The van der Waals surface area contributed by atoms with Gasteiger partial charge in [0.1, 0.15) is 18.2 Å². The van der Waals surface area contributed by atoms with Gasteiger partial charge in [-0.05, 0) is 37.7 Å². The maximum atomic E-state index is 13.3. The van der Waals surface area contributed by atoms with Crippen LogP contribution in [0, 0.1) is 5.92 Å². The second-order valence-electron chi connectivity index (χ2n) is 8.34. The van der Waals surface area contributed by atoms with E-state index in [2.05, 4.69) is 5.32 Å². The Bertz CT molecular complexity index is 821. The van der Waals surface area contributed by atoms with Crippen LogP contribution in [0.1, 0.15) is 57.4 Å². The van der Waals surface area contributed by atoms with Crippen molar-refractivity contribution < 1.29 is 28.7 Å². The van der Waals surface area contributed by atoms with Crippen LogP contribution in [0.2, 0.25) is 0 Å². The van der Waals surface area contributed by atoms with E-state index in [0.717, 1.165) is 42.6 Å². The number of carbonyl (C=O) groups excluding carboxylic acids is 4. The van der Waals surface area contributed by atoms with Crippen LogP contribution in [-0.2, 0) is 30.5 Å². The van der Waals surface area contributed by atoms with Gasteiger partial charge in [-0.2, -0.15) is 0 Å². The van der Waals surface area contributed by atoms with Crippen LogP contribution in [0.5, 0.6) is 0 Å². The van der Waals surface area contributed by atoms with E-state index in [-0.39, 0.29) is 25.4 Å². The van der Waals surface area contributed by atoms with Crippen molar-refractivity contribution in [1.82, 2.24) is 10.2 Å². The third-order valence-corrected chi connectivity index (χ3v) is 6.38. The lowest BCUT2D eigenvalue weighted by atomic mass is 9.73. The summed E-state index contributed by atoms with van der Waals surface area (Å²) in [6, 6.07) is 8.25. The summed E-state index contributed by atoms with van der Waals surface area (Å²) < 4.78 is 10.2. The molecule has 1 aliphatic heterocycles. The molecule has 3 rings (SSSR count). The molecule has 0 bridgehead atoms. The summed E-state index contributed by atoms with van der Waals surface area (Å²) in [4.78, 5) is 52.2. The largest absolute Gasteiger partial charge is 0.467 e. The van der Waals surface area contributed by atoms with E-state index in [0.29, 0.717) is 0 Å². The van der Waals surface area contributed by atoms with E-state index < -0.39 is 35.5 Å². The van der Waals surface area contributed by atoms with Gasteiger partial charge in [0, 0.05) is 6.42 Å². The van der Waals surface area contributed by atoms with Gasteiger partial charge in [0.15, 0.2) is 0 Å². The second kappa shape index (κ2) is 9.94. The SMILES string of the molecule is COC(=O)[C@](C)(C1CCCCC1)N1C(=O)CCC(NC(=O)OCc2ccccc2)C1=O. The number of methoxy groups -OCH3 is 1. The molecule has 2 aliphatic rings. The van der Waals surface area contributed by atoms with Gasteiger partial charge in [-0.3, -0.25) is 14.5 Å². The molecular weight excluding hydrogens is 400 g/mol. The van der Waals surface area contributed by atoms with Crippen LogP contribution < -0.4 is 5.32 Å². The standard InChI is InChI=1S/C23H30N2O6/c1-23(21(28)30-2,17-11-7-4-8-12-17)25-19(26)14-13-18(20(25)27)24-22(29)31-15-16-9-5-3-6-10-16/h3,5-6,9-10,17-18H,4,7-8,11-15H2,1-2H3,(H,24,29)/t18?,23-/m0/s1. The van der Waals surface area contributed by atoms with Crippen LogP contribution in [0.15, 0.2) is 30.3 Å². The van der Waals surface area contributed by atoms with E-state index >= 15 is 0 Å². The van der Waals surface area contributed by atoms with E-state index in [1.165, 1.54) is 7.11 Å². The highest BCUT2D eigenvalue weighted by Crippen LogP contribution is 2.39. The lowest BCUT2D eigenvalue weighted by Gasteiger charge is -2.46. The molecule has 8 nitrogen and oxygen atoms in total. The number of esters is 1. The number of amides is 3. The van der Waals surface area contributed by atoms with Gasteiger partial charge in [0.05, 0.1) is 7.11 Å². The summed E-state index contributed by atoms with van der Waals surface area (Å²) in [6.45, 7) is 1.68. The molecular formula is C23H30N2O6. The summed E-state index contributed by atoms with van der Waals surface area (Å²) in [6.07, 6.45) is 3.87. The number of hydrogen-bond donors (Lipinski definition) is 1. The number of alkyl carbamates (subject to hydrolysis) is 1. The quantitative estimate of drug-likeness (QED) is 0.550. The Hall–Kier alpha value is -2.90. The Kier molecular flexibility index (Phi) is 7.30. The molecule has 1 heterocycles. The van der Waals surface area contributed by atoms with Crippen molar-refractivity contribution in [2.45, 2.75) is 70.1 Å². The first kappa shape index (κ1) is 22.8. The molecule has 1 aliphatic carbocycles. The molecule has 1 aromatic rings. The Morgan fingerprint density at radius 3 is 2.42 bits per heavy atom. The maximum Gasteiger partial charge on any atom is 0.408 e. The minimum absolute atomic E-state index is 0.0503. The average molecular weight is 431 g/mol. The zero-order valence-corrected chi connectivity index (χ0v) is 18.1. The number of nitrogens with zero attached hydrogens (tertiary/aromatic N) is 1. The van der Waals surface area contributed by atoms with Crippen molar-refractivity contribution in [2.75, 3.05) is 7.11 Å². The fourth-order valence-corrected chi connectivity index (χ4v) is 4.62. The minimum Gasteiger partial charge on any atom is -0.467 e. The monoisotopic (exact) mass is 430 g/mol. The summed E-state index contributed by atoms with van der Waals surface area (Å²) in [5, 5.41) is 2.56. The molecule has 1 N–H and O–H groups in total. The summed E-state index contributed by atoms with van der Waals surface area (Å²) in [7, 11) is 1.26. The highest BCUT2D eigenvalue weighted by Gasteiger charge is 2.54. The molecule has 2 atom stereocenters. The first-order valence-corrected chi connectivity index (χ1v) is 10.8. The molecule has 0 aromatic heterocycles. The minimum atomic E-state index is -1.39. The molecule has 1 unspecified atom stereocenters. The number of nitrogens with one attached hydrogen (secondary N) is 1. The molecule has 1 aromatic carbocycles. The Morgan fingerprint density at radius 1 is 1.10 bits per heavy atom. The Balaban J connectivity index is 1.73. The zero-order chi connectivity index (χ0) is 22.4. The van der Waals surface area contributed by atoms with E-state index in [1.54, 1.807) is 6.92 Å². The van der Waals surface area contributed by atoms with Gasteiger partial charge in [-0.1, -0.05) is 49.6 Å². The molecule has 1 saturated carbocycles. The van der Waals surface area contributed by atoms with Crippen LogP contribution >= 0.6 is 0 Å². The molecule has 1 saturated heterocycles. The van der Waals surface area contributed by atoms with Gasteiger partial charge in [0.2, 0.25) is 5.91 Å². The van der Waals surface area contributed by atoms with Crippen molar-refractivity contribution in [1.29, 1.82) is 0 Å². The fourth-order valence-electron chi connectivity index (χ4n) is 4.62. The number of benzene rings is 1. The number of likely N-dealkylation sites (tertiary alicyclic amines) is 1. The van der Waals surface area contributed by atoms with Gasteiger partial charge < -0.3 is 14.8 Å². The number of rotatable bonds is 6. The van der Waals surface area contributed by atoms with Crippen molar-refractivity contribution in [2.24, 2.45) is 5.92 Å². The smallest absolute Gasteiger partial charge is 0.408 e. The first-order chi connectivity index (χ1) is 14.9. The van der Waals surface area contributed by atoms with Crippen molar-refractivity contribution in [3.63, 3.8) is 0 Å².